The van der Waals surface area contributed by atoms with E-state index in [1.807, 2.05) is 19.1 Å². The van der Waals surface area contributed by atoms with Crippen LogP contribution < -0.4 is 10.6 Å². The summed E-state index contributed by atoms with van der Waals surface area (Å²) < 4.78 is 39.3. The van der Waals surface area contributed by atoms with Gasteiger partial charge in [0.15, 0.2) is 17.5 Å². The summed E-state index contributed by atoms with van der Waals surface area (Å²) in [5.41, 5.74) is 1.14. The Hall–Kier alpha value is -2.54. The van der Waals surface area contributed by atoms with E-state index < -0.39 is 35.3 Å². The number of carbonyl (C=O) groups is 1. The Morgan fingerprint density at radius 3 is 2.39 bits per heavy atom. The van der Waals surface area contributed by atoms with Crippen molar-refractivity contribution in [2.75, 3.05) is 11.9 Å². The minimum atomic E-state index is -1.66. The van der Waals surface area contributed by atoms with Crippen molar-refractivity contribution >= 4 is 11.7 Å². The molecule has 2 rings (SSSR count). The highest BCUT2D eigenvalue weighted by molar-refractivity contribution is 5.89. The van der Waals surface area contributed by atoms with Gasteiger partial charge in [-0.3, -0.25) is 0 Å². The first kappa shape index (κ1) is 16.8. The van der Waals surface area contributed by atoms with Gasteiger partial charge >= 0.3 is 6.03 Å². The molecule has 0 aromatic heterocycles. The van der Waals surface area contributed by atoms with E-state index in [4.69, 9.17) is 0 Å². The molecule has 0 spiro atoms. The first-order chi connectivity index (χ1) is 10.9. The van der Waals surface area contributed by atoms with Gasteiger partial charge in [-0.15, -0.1) is 0 Å². The smallest absolute Gasteiger partial charge is 0.319 e. The van der Waals surface area contributed by atoms with E-state index in [9.17, 15) is 23.1 Å². The van der Waals surface area contributed by atoms with Crippen LogP contribution in [0.15, 0.2) is 36.4 Å². The molecule has 3 N–H and O–H groups in total. The molecule has 4 nitrogen and oxygen atoms in total. The fourth-order valence-corrected chi connectivity index (χ4v) is 1.88. The van der Waals surface area contributed by atoms with Gasteiger partial charge in [0.05, 0.1) is 11.8 Å². The molecule has 122 valence electrons. The van der Waals surface area contributed by atoms with Crippen molar-refractivity contribution in [2.45, 2.75) is 13.0 Å². The third-order valence-corrected chi connectivity index (χ3v) is 3.20. The fraction of sp³-hybridized carbons (Fsp3) is 0.188. The molecule has 0 heterocycles. The lowest BCUT2D eigenvalue weighted by atomic mass is 10.1. The van der Waals surface area contributed by atoms with E-state index in [2.05, 4.69) is 10.6 Å². The lowest BCUT2D eigenvalue weighted by molar-refractivity contribution is 0.175. The molecule has 0 saturated carbocycles. The highest BCUT2D eigenvalue weighted by Gasteiger charge is 2.15. The van der Waals surface area contributed by atoms with Crippen LogP contribution in [0.4, 0.5) is 23.7 Å². The highest BCUT2D eigenvalue weighted by Crippen LogP contribution is 2.19. The van der Waals surface area contributed by atoms with Crippen LogP contribution in [-0.4, -0.2) is 17.7 Å². The number of aryl methyl sites for hydroxylation is 1. The van der Waals surface area contributed by atoms with Crippen LogP contribution in [0.3, 0.4) is 0 Å². The van der Waals surface area contributed by atoms with E-state index >= 15 is 0 Å². The maximum absolute atomic E-state index is 13.4. The zero-order valence-electron chi connectivity index (χ0n) is 12.2. The quantitative estimate of drug-likeness (QED) is 0.756. The van der Waals surface area contributed by atoms with Crippen molar-refractivity contribution in [3.05, 3.63) is 65.0 Å². The van der Waals surface area contributed by atoms with E-state index in [0.717, 1.165) is 11.6 Å². The van der Waals surface area contributed by atoms with E-state index in [1.165, 1.54) is 0 Å². The van der Waals surface area contributed by atoms with Crippen LogP contribution in [-0.2, 0) is 0 Å². The van der Waals surface area contributed by atoms with E-state index in [0.29, 0.717) is 11.6 Å². The lowest BCUT2D eigenvalue weighted by Crippen LogP contribution is -2.32. The molecule has 0 aliphatic heterocycles. The number of aliphatic hydroxyl groups excluding tert-OH is 1. The number of amides is 2. The number of halogens is 3. The van der Waals surface area contributed by atoms with Gasteiger partial charge in [0.2, 0.25) is 0 Å². The van der Waals surface area contributed by atoms with Crippen LogP contribution in [0, 0.1) is 24.4 Å². The molecule has 0 saturated heterocycles. The fourth-order valence-electron chi connectivity index (χ4n) is 1.88. The number of anilines is 1. The summed E-state index contributed by atoms with van der Waals surface area (Å²) in [5.74, 6) is -4.50. The topological polar surface area (TPSA) is 61.4 Å². The monoisotopic (exact) mass is 324 g/mol. The average molecular weight is 324 g/mol. The largest absolute Gasteiger partial charge is 0.387 e. The summed E-state index contributed by atoms with van der Waals surface area (Å²) >= 11 is 0. The SMILES string of the molecule is Cc1ccc(C(O)CNC(=O)Nc2ccc(F)c(F)c2F)cc1. The number of benzene rings is 2. The van der Waals surface area contributed by atoms with Gasteiger partial charge in [-0.1, -0.05) is 29.8 Å². The molecule has 2 aromatic rings. The molecule has 7 heteroatoms. The normalized spacial score (nSPS) is 11.9. The molecular weight excluding hydrogens is 309 g/mol. The second kappa shape index (κ2) is 7.15. The minimum absolute atomic E-state index is 0.125. The Morgan fingerprint density at radius 2 is 1.74 bits per heavy atom. The lowest BCUT2D eigenvalue weighted by Gasteiger charge is -2.13. The van der Waals surface area contributed by atoms with E-state index in [-0.39, 0.29) is 6.54 Å². The van der Waals surface area contributed by atoms with Gasteiger partial charge in [0.25, 0.3) is 0 Å². The molecule has 1 unspecified atom stereocenters. The molecule has 2 aromatic carbocycles. The van der Waals surface area contributed by atoms with Crippen LogP contribution in [0.1, 0.15) is 17.2 Å². The number of nitrogens with one attached hydrogen (secondary N) is 2. The van der Waals surface area contributed by atoms with Crippen LogP contribution in [0.5, 0.6) is 0 Å². The Morgan fingerprint density at radius 1 is 1.09 bits per heavy atom. The maximum Gasteiger partial charge on any atom is 0.319 e. The summed E-state index contributed by atoms with van der Waals surface area (Å²) in [4.78, 5) is 11.6. The Labute approximate surface area is 131 Å². The molecule has 0 aliphatic rings. The molecule has 1 atom stereocenters. The Bertz CT molecular complexity index is 705. The van der Waals surface area contributed by atoms with Gasteiger partial charge < -0.3 is 15.7 Å². The third kappa shape index (κ3) is 4.23. The first-order valence-corrected chi connectivity index (χ1v) is 6.81. The number of carbonyl (C=O) groups excluding carboxylic acids is 1. The van der Waals surface area contributed by atoms with Crippen LogP contribution in [0.2, 0.25) is 0 Å². The van der Waals surface area contributed by atoms with Gasteiger partial charge in [-0.2, -0.15) is 0 Å². The molecular formula is C16H15F3N2O2. The van der Waals surface area contributed by atoms with Crippen molar-refractivity contribution in [3.8, 4) is 0 Å². The molecule has 0 fully saturated rings. The summed E-state index contributed by atoms with van der Waals surface area (Å²) in [6, 6.07) is 7.83. The first-order valence-electron chi connectivity index (χ1n) is 6.81. The Kier molecular flexibility index (Phi) is 5.23. The van der Waals surface area contributed by atoms with Gasteiger partial charge in [0.1, 0.15) is 0 Å². The van der Waals surface area contributed by atoms with Crippen LogP contribution >= 0.6 is 0 Å². The van der Waals surface area contributed by atoms with Crippen molar-refractivity contribution in [3.63, 3.8) is 0 Å². The minimum Gasteiger partial charge on any atom is -0.387 e. The standard InChI is InChI=1S/C16H15F3N2O2/c1-9-2-4-10(5-3-9)13(22)8-20-16(23)21-12-7-6-11(17)14(18)15(12)19/h2-7,13,22H,8H2,1H3,(H2,20,21,23). The number of aliphatic hydroxyl groups is 1. The zero-order chi connectivity index (χ0) is 17.0. The van der Waals surface area contributed by atoms with Gasteiger partial charge in [-0.05, 0) is 24.6 Å². The predicted octanol–water partition coefficient (Wildman–Crippen LogP) is 3.27. The highest BCUT2D eigenvalue weighted by atomic mass is 19.2. The summed E-state index contributed by atoms with van der Waals surface area (Å²) in [6.45, 7) is 1.78. The molecule has 2 amide bonds. The molecule has 0 radical (unpaired) electrons. The maximum atomic E-state index is 13.4. The van der Waals surface area contributed by atoms with Crippen molar-refractivity contribution < 1.29 is 23.1 Å². The van der Waals surface area contributed by atoms with E-state index in [1.54, 1.807) is 12.1 Å². The van der Waals surface area contributed by atoms with Crippen LogP contribution in [0.25, 0.3) is 0 Å². The zero-order valence-corrected chi connectivity index (χ0v) is 12.2. The predicted molar refractivity (Wildman–Crippen MR) is 79.5 cm³/mol. The van der Waals surface area contributed by atoms with Crippen molar-refractivity contribution in [1.29, 1.82) is 0 Å². The Balaban J connectivity index is 1.93. The van der Waals surface area contributed by atoms with Crippen molar-refractivity contribution in [1.82, 2.24) is 5.32 Å². The number of rotatable bonds is 4. The second-order valence-corrected chi connectivity index (χ2v) is 4.98. The van der Waals surface area contributed by atoms with Crippen molar-refractivity contribution in [2.24, 2.45) is 0 Å². The third-order valence-electron chi connectivity index (χ3n) is 3.20. The summed E-state index contributed by atoms with van der Waals surface area (Å²) in [7, 11) is 0. The number of urea groups is 1. The summed E-state index contributed by atoms with van der Waals surface area (Å²) in [5, 5.41) is 14.3. The average Bonchev–Trinajstić information content (AvgIpc) is 2.54. The number of hydrogen-bond acceptors (Lipinski definition) is 2. The number of hydrogen-bond donors (Lipinski definition) is 3. The molecule has 23 heavy (non-hydrogen) atoms. The van der Waals surface area contributed by atoms with Gasteiger partial charge in [0, 0.05) is 6.54 Å². The van der Waals surface area contributed by atoms with Gasteiger partial charge in [-0.25, -0.2) is 18.0 Å². The molecule has 0 bridgehead atoms. The molecule has 0 aliphatic carbocycles. The summed E-state index contributed by atoms with van der Waals surface area (Å²) in [6.07, 6.45) is -0.948. The second-order valence-electron chi connectivity index (χ2n) is 4.98.